The fourth-order valence-electron chi connectivity index (χ4n) is 5.87. The molecule has 0 unspecified atom stereocenters. The van der Waals surface area contributed by atoms with E-state index in [-0.39, 0.29) is 11.9 Å². The summed E-state index contributed by atoms with van der Waals surface area (Å²) in [6, 6.07) is 19.1. The number of anilines is 1. The van der Waals surface area contributed by atoms with Crippen LogP contribution in [-0.4, -0.2) is 42.5 Å². The third-order valence-corrected chi connectivity index (χ3v) is 7.39. The minimum absolute atomic E-state index is 0.0477. The second-order valence-electron chi connectivity index (χ2n) is 9.14. The van der Waals surface area contributed by atoms with Crippen LogP contribution in [0.2, 0.25) is 0 Å². The largest absolute Gasteiger partial charge is 0.339 e. The van der Waals surface area contributed by atoms with E-state index in [0.717, 1.165) is 30.6 Å². The van der Waals surface area contributed by atoms with Gasteiger partial charge in [-0.2, -0.15) is 0 Å². The standard InChI is InChI=1S/C26H31N3O2/c30-25(18-19-10-12-21(13-11-19)28-17-15-27-26(28)31)29-16-14-22(20-6-2-1-3-7-20)23-8-4-5-9-24(23)29/h1-3,6-7,10-13,22-24H,4-5,8-9,14-18H2,(H,27,31)/t22-,23-,24-/m0/s1. The Morgan fingerprint density at radius 2 is 1.71 bits per heavy atom. The van der Waals surface area contributed by atoms with E-state index in [1.165, 1.54) is 24.8 Å². The van der Waals surface area contributed by atoms with Crippen LogP contribution in [0.5, 0.6) is 0 Å². The minimum atomic E-state index is -0.0477. The number of benzene rings is 2. The molecule has 5 heteroatoms. The normalized spacial score (nSPS) is 25.8. The molecule has 2 aromatic carbocycles. The highest BCUT2D eigenvalue weighted by Crippen LogP contribution is 2.44. The Morgan fingerprint density at radius 1 is 0.935 bits per heavy atom. The Morgan fingerprint density at radius 3 is 2.45 bits per heavy atom. The summed E-state index contributed by atoms with van der Waals surface area (Å²) in [5.74, 6) is 1.39. The number of carbonyl (C=O) groups excluding carboxylic acids is 2. The Bertz CT molecular complexity index is 927. The van der Waals surface area contributed by atoms with Gasteiger partial charge in [0.15, 0.2) is 0 Å². The predicted octanol–water partition coefficient (Wildman–Crippen LogP) is 4.33. The fourth-order valence-corrected chi connectivity index (χ4v) is 5.87. The van der Waals surface area contributed by atoms with Gasteiger partial charge in [-0.3, -0.25) is 9.69 Å². The van der Waals surface area contributed by atoms with Crippen molar-refractivity contribution in [1.82, 2.24) is 10.2 Å². The van der Waals surface area contributed by atoms with E-state index in [4.69, 9.17) is 0 Å². The topological polar surface area (TPSA) is 52.7 Å². The highest BCUT2D eigenvalue weighted by atomic mass is 16.2. The number of amides is 3. The Hall–Kier alpha value is -2.82. The van der Waals surface area contributed by atoms with E-state index in [2.05, 4.69) is 40.5 Å². The molecule has 3 fully saturated rings. The zero-order chi connectivity index (χ0) is 21.2. The smallest absolute Gasteiger partial charge is 0.321 e. The predicted molar refractivity (Wildman–Crippen MR) is 122 cm³/mol. The summed E-state index contributed by atoms with van der Waals surface area (Å²) in [6.07, 6.45) is 6.34. The number of likely N-dealkylation sites (tertiary alicyclic amines) is 1. The van der Waals surface area contributed by atoms with Gasteiger partial charge >= 0.3 is 6.03 Å². The van der Waals surface area contributed by atoms with Crippen molar-refractivity contribution in [3.05, 3.63) is 65.7 Å². The molecule has 5 rings (SSSR count). The summed E-state index contributed by atoms with van der Waals surface area (Å²) >= 11 is 0. The van der Waals surface area contributed by atoms with E-state index in [0.29, 0.717) is 37.4 Å². The van der Waals surface area contributed by atoms with Crippen molar-refractivity contribution in [2.75, 3.05) is 24.5 Å². The lowest BCUT2D eigenvalue weighted by Crippen LogP contribution is -2.52. The van der Waals surface area contributed by atoms with E-state index < -0.39 is 0 Å². The van der Waals surface area contributed by atoms with Crippen LogP contribution in [-0.2, 0) is 11.2 Å². The van der Waals surface area contributed by atoms with Crippen molar-refractivity contribution in [1.29, 1.82) is 0 Å². The van der Waals surface area contributed by atoms with E-state index in [1.807, 2.05) is 24.3 Å². The lowest BCUT2D eigenvalue weighted by molar-refractivity contribution is -0.137. The van der Waals surface area contributed by atoms with E-state index in [9.17, 15) is 9.59 Å². The third kappa shape index (κ3) is 4.06. The zero-order valence-electron chi connectivity index (χ0n) is 18.0. The molecular weight excluding hydrogens is 386 g/mol. The van der Waals surface area contributed by atoms with Crippen LogP contribution in [0, 0.1) is 5.92 Å². The fraction of sp³-hybridized carbons (Fsp3) is 0.462. The van der Waals surface area contributed by atoms with Gasteiger partial charge in [-0.1, -0.05) is 55.3 Å². The quantitative estimate of drug-likeness (QED) is 0.805. The van der Waals surface area contributed by atoms with Crippen molar-refractivity contribution in [2.24, 2.45) is 5.92 Å². The summed E-state index contributed by atoms with van der Waals surface area (Å²) in [4.78, 5) is 29.1. The maximum Gasteiger partial charge on any atom is 0.321 e. The Balaban J connectivity index is 1.28. The molecule has 2 aliphatic heterocycles. The zero-order valence-corrected chi connectivity index (χ0v) is 18.0. The average Bonchev–Trinajstić information content (AvgIpc) is 3.25. The van der Waals surface area contributed by atoms with Crippen LogP contribution in [0.25, 0.3) is 0 Å². The number of rotatable bonds is 4. The highest BCUT2D eigenvalue weighted by molar-refractivity contribution is 5.94. The Kier molecular flexibility index (Phi) is 5.66. The number of piperidine rings is 1. The second kappa shape index (κ2) is 8.74. The molecule has 1 saturated carbocycles. The molecule has 0 spiro atoms. The molecule has 0 bridgehead atoms. The summed E-state index contributed by atoms with van der Waals surface area (Å²) in [6.45, 7) is 2.22. The third-order valence-electron chi connectivity index (χ3n) is 7.39. The summed E-state index contributed by atoms with van der Waals surface area (Å²) in [5, 5.41) is 2.83. The molecule has 2 heterocycles. The van der Waals surface area contributed by atoms with Gasteiger partial charge in [-0.15, -0.1) is 0 Å². The van der Waals surface area contributed by atoms with Crippen LogP contribution >= 0.6 is 0 Å². The first kappa shape index (κ1) is 20.1. The molecule has 2 saturated heterocycles. The van der Waals surface area contributed by atoms with Crippen LogP contribution in [0.15, 0.2) is 54.6 Å². The van der Waals surface area contributed by atoms with Gasteiger partial charge in [0.1, 0.15) is 0 Å². The maximum atomic E-state index is 13.3. The first-order valence-corrected chi connectivity index (χ1v) is 11.7. The van der Waals surface area contributed by atoms with Crippen molar-refractivity contribution in [2.45, 2.75) is 50.5 Å². The van der Waals surface area contributed by atoms with Crippen molar-refractivity contribution >= 4 is 17.6 Å². The van der Waals surface area contributed by atoms with Crippen LogP contribution in [0.4, 0.5) is 10.5 Å². The van der Waals surface area contributed by atoms with Gasteiger partial charge in [0.2, 0.25) is 5.91 Å². The number of hydrogen-bond acceptors (Lipinski definition) is 2. The second-order valence-corrected chi connectivity index (χ2v) is 9.14. The first-order valence-electron chi connectivity index (χ1n) is 11.7. The van der Waals surface area contributed by atoms with Gasteiger partial charge < -0.3 is 10.2 Å². The number of fused-ring (bicyclic) bond motifs is 1. The summed E-state index contributed by atoms with van der Waals surface area (Å²) < 4.78 is 0. The number of nitrogens with one attached hydrogen (secondary N) is 1. The lowest BCUT2D eigenvalue weighted by atomic mass is 9.69. The number of carbonyl (C=O) groups is 2. The first-order chi connectivity index (χ1) is 15.2. The van der Waals surface area contributed by atoms with E-state index in [1.54, 1.807) is 4.90 Å². The van der Waals surface area contributed by atoms with Crippen molar-refractivity contribution in [3.63, 3.8) is 0 Å². The van der Waals surface area contributed by atoms with Gasteiger partial charge in [0, 0.05) is 31.4 Å². The average molecular weight is 418 g/mol. The van der Waals surface area contributed by atoms with Crippen molar-refractivity contribution in [3.8, 4) is 0 Å². The maximum absolute atomic E-state index is 13.3. The SMILES string of the molecule is O=C1NCCN1c1ccc(CC(=O)N2CC[C@@H](c3ccccc3)[C@@H]3CCCC[C@@H]32)cc1. The van der Waals surface area contributed by atoms with Gasteiger partial charge in [0.05, 0.1) is 6.42 Å². The molecule has 1 N–H and O–H groups in total. The van der Waals surface area contributed by atoms with E-state index >= 15 is 0 Å². The molecule has 0 aromatic heterocycles. The molecule has 162 valence electrons. The lowest BCUT2D eigenvalue weighted by Gasteiger charge is -2.48. The van der Waals surface area contributed by atoms with Crippen LogP contribution < -0.4 is 10.2 Å². The van der Waals surface area contributed by atoms with Gasteiger partial charge in [-0.05, 0) is 54.4 Å². The number of urea groups is 1. The van der Waals surface area contributed by atoms with Crippen LogP contribution in [0.1, 0.15) is 49.1 Å². The molecule has 3 atom stereocenters. The molecule has 1 aliphatic carbocycles. The molecule has 3 aliphatic rings. The van der Waals surface area contributed by atoms with Crippen LogP contribution in [0.3, 0.4) is 0 Å². The monoisotopic (exact) mass is 417 g/mol. The molecule has 0 radical (unpaired) electrons. The molecule has 2 aromatic rings. The van der Waals surface area contributed by atoms with Gasteiger partial charge in [0.25, 0.3) is 0 Å². The molecule has 5 nitrogen and oxygen atoms in total. The minimum Gasteiger partial charge on any atom is -0.339 e. The Labute approximate surface area is 184 Å². The molecule has 31 heavy (non-hydrogen) atoms. The number of hydrogen-bond donors (Lipinski definition) is 1. The molecule has 3 amide bonds. The van der Waals surface area contributed by atoms with Gasteiger partial charge in [-0.25, -0.2) is 4.79 Å². The summed E-state index contributed by atoms with van der Waals surface area (Å²) in [7, 11) is 0. The molecular formula is C26H31N3O2. The van der Waals surface area contributed by atoms with Crippen molar-refractivity contribution < 1.29 is 9.59 Å². The number of nitrogens with zero attached hydrogens (tertiary/aromatic N) is 2. The highest BCUT2D eigenvalue weighted by Gasteiger charge is 2.41. The summed E-state index contributed by atoms with van der Waals surface area (Å²) in [5.41, 5.74) is 3.35.